The number of rotatable bonds is 2. The van der Waals surface area contributed by atoms with E-state index in [1.165, 1.54) is 5.39 Å². The van der Waals surface area contributed by atoms with Crippen molar-refractivity contribution in [2.45, 2.75) is 6.92 Å². The first kappa shape index (κ1) is 9.93. The van der Waals surface area contributed by atoms with Gasteiger partial charge in [-0.25, -0.2) is 0 Å². The summed E-state index contributed by atoms with van der Waals surface area (Å²) in [4.78, 5) is 0. The zero-order chi connectivity index (χ0) is 10.8. The van der Waals surface area contributed by atoms with Gasteiger partial charge in [0, 0.05) is 19.0 Å². The van der Waals surface area contributed by atoms with Crippen molar-refractivity contribution in [2.24, 2.45) is 12.8 Å². The van der Waals surface area contributed by atoms with Crippen molar-refractivity contribution in [3.63, 3.8) is 0 Å². The maximum absolute atomic E-state index is 5.42. The third kappa shape index (κ3) is 1.78. The zero-order valence-corrected chi connectivity index (χ0v) is 9.07. The summed E-state index contributed by atoms with van der Waals surface area (Å²) in [5.41, 5.74) is 8.81. The highest BCUT2D eigenvalue weighted by Gasteiger charge is 2.03. The number of fused-ring (bicyclic) bond motifs is 1. The molecule has 0 fully saturated rings. The molecule has 2 rings (SSSR count). The van der Waals surface area contributed by atoms with E-state index < -0.39 is 0 Å². The minimum Gasteiger partial charge on any atom is -0.327 e. The summed E-state index contributed by atoms with van der Waals surface area (Å²) < 4.78 is 1.91. The molecule has 3 nitrogen and oxygen atoms in total. The summed E-state index contributed by atoms with van der Waals surface area (Å²) in [7, 11) is 1.96. The molecule has 1 aromatic carbocycles. The molecule has 0 aliphatic rings. The lowest BCUT2D eigenvalue weighted by Crippen LogP contribution is -1.92. The summed E-state index contributed by atoms with van der Waals surface area (Å²) >= 11 is 0. The molecule has 0 radical (unpaired) electrons. The number of benzene rings is 1. The van der Waals surface area contributed by atoms with Gasteiger partial charge >= 0.3 is 0 Å². The van der Waals surface area contributed by atoms with Gasteiger partial charge in [0.15, 0.2) is 0 Å². The Morgan fingerprint density at radius 3 is 3.00 bits per heavy atom. The smallest absolute Gasteiger partial charge is 0.0687 e. The molecule has 1 aromatic heterocycles. The maximum Gasteiger partial charge on any atom is 0.0687 e. The van der Waals surface area contributed by atoms with E-state index in [2.05, 4.69) is 23.3 Å². The Hall–Kier alpha value is -1.61. The molecule has 0 unspecified atom stereocenters. The van der Waals surface area contributed by atoms with Crippen LogP contribution < -0.4 is 5.73 Å². The van der Waals surface area contributed by atoms with E-state index in [0.717, 1.165) is 16.8 Å². The monoisotopic (exact) mass is 201 g/mol. The van der Waals surface area contributed by atoms with Gasteiger partial charge in [-0.15, -0.1) is 0 Å². The molecule has 1 heterocycles. The number of aryl methyl sites for hydroxylation is 2. The van der Waals surface area contributed by atoms with Crippen LogP contribution in [0.3, 0.4) is 0 Å². The molecule has 0 aliphatic heterocycles. The highest BCUT2D eigenvalue weighted by atomic mass is 15.3. The van der Waals surface area contributed by atoms with Crippen molar-refractivity contribution in [2.75, 3.05) is 6.54 Å². The maximum atomic E-state index is 5.42. The predicted octanol–water partition coefficient (Wildman–Crippen LogP) is 1.85. The number of nitrogens with two attached hydrogens (primary N) is 1. The van der Waals surface area contributed by atoms with Gasteiger partial charge in [0.25, 0.3) is 0 Å². The van der Waals surface area contributed by atoms with Gasteiger partial charge in [-0.2, -0.15) is 5.10 Å². The summed E-state index contributed by atoms with van der Waals surface area (Å²) in [6.45, 7) is 2.60. The van der Waals surface area contributed by atoms with Crippen molar-refractivity contribution in [3.8, 4) is 0 Å². The molecule has 2 aromatic rings. The van der Waals surface area contributed by atoms with Crippen molar-refractivity contribution >= 4 is 17.0 Å². The summed E-state index contributed by atoms with van der Waals surface area (Å²) in [5, 5.41) is 5.59. The van der Waals surface area contributed by atoms with Crippen molar-refractivity contribution in [1.82, 2.24) is 9.78 Å². The number of aromatic nitrogens is 2. The Labute approximate surface area is 89.2 Å². The fourth-order valence-corrected chi connectivity index (χ4v) is 1.76. The van der Waals surface area contributed by atoms with Crippen molar-refractivity contribution in [1.29, 1.82) is 0 Å². The molecule has 0 saturated heterocycles. The molecular formula is C12H15N3. The molecule has 0 amide bonds. The lowest BCUT2D eigenvalue weighted by atomic mass is 10.1. The summed E-state index contributed by atoms with van der Waals surface area (Å²) in [6, 6.07) is 6.32. The van der Waals surface area contributed by atoms with E-state index in [1.54, 1.807) is 0 Å². The molecule has 78 valence electrons. The highest BCUT2D eigenvalue weighted by Crippen LogP contribution is 2.19. The van der Waals surface area contributed by atoms with Gasteiger partial charge in [0.1, 0.15) is 0 Å². The fourth-order valence-electron chi connectivity index (χ4n) is 1.76. The molecule has 0 atom stereocenters. The van der Waals surface area contributed by atoms with E-state index in [9.17, 15) is 0 Å². The van der Waals surface area contributed by atoms with Gasteiger partial charge in [-0.1, -0.05) is 24.3 Å². The van der Waals surface area contributed by atoms with Crippen LogP contribution in [0.15, 0.2) is 24.3 Å². The van der Waals surface area contributed by atoms with Crippen LogP contribution in [0.5, 0.6) is 0 Å². The van der Waals surface area contributed by atoms with Crippen LogP contribution in [-0.4, -0.2) is 16.3 Å². The Morgan fingerprint density at radius 1 is 1.47 bits per heavy atom. The average molecular weight is 201 g/mol. The highest BCUT2D eigenvalue weighted by molar-refractivity contribution is 5.84. The normalized spacial score (nSPS) is 11.7. The van der Waals surface area contributed by atoms with E-state index in [0.29, 0.717) is 6.54 Å². The molecular weight excluding hydrogens is 186 g/mol. The van der Waals surface area contributed by atoms with Gasteiger partial charge in [-0.3, -0.25) is 4.68 Å². The molecule has 3 heteroatoms. The molecule has 0 spiro atoms. The number of nitrogens with zero attached hydrogens (tertiary/aromatic N) is 2. The van der Waals surface area contributed by atoms with Crippen LogP contribution in [0.4, 0.5) is 0 Å². The van der Waals surface area contributed by atoms with Crippen molar-refractivity contribution in [3.05, 3.63) is 35.5 Å². The number of hydrogen-bond donors (Lipinski definition) is 1. The minimum absolute atomic E-state index is 0.572. The van der Waals surface area contributed by atoms with Gasteiger partial charge in [0.05, 0.1) is 11.2 Å². The third-order valence-corrected chi connectivity index (χ3v) is 2.51. The minimum atomic E-state index is 0.572. The first-order valence-corrected chi connectivity index (χ1v) is 5.02. The second-order valence-electron chi connectivity index (χ2n) is 3.62. The lowest BCUT2D eigenvalue weighted by molar-refractivity contribution is 0.783. The summed E-state index contributed by atoms with van der Waals surface area (Å²) in [5.74, 6) is 0. The van der Waals surface area contributed by atoms with E-state index in [1.807, 2.05) is 30.8 Å². The molecule has 0 aliphatic carbocycles. The van der Waals surface area contributed by atoms with Crippen LogP contribution in [-0.2, 0) is 7.05 Å². The second-order valence-corrected chi connectivity index (χ2v) is 3.62. The van der Waals surface area contributed by atoms with Crippen LogP contribution in [0.2, 0.25) is 0 Å². The topological polar surface area (TPSA) is 43.8 Å². The van der Waals surface area contributed by atoms with Crippen LogP contribution in [0.25, 0.3) is 17.0 Å². The predicted molar refractivity (Wildman–Crippen MR) is 63.5 cm³/mol. The Balaban J connectivity index is 2.55. The van der Waals surface area contributed by atoms with Crippen LogP contribution >= 0.6 is 0 Å². The quantitative estimate of drug-likeness (QED) is 0.805. The second kappa shape index (κ2) is 3.87. The zero-order valence-electron chi connectivity index (χ0n) is 9.07. The Morgan fingerprint density at radius 2 is 2.27 bits per heavy atom. The van der Waals surface area contributed by atoms with Crippen LogP contribution in [0, 0.1) is 6.92 Å². The Kier molecular flexibility index (Phi) is 2.56. The molecule has 2 N–H and O–H groups in total. The first-order chi connectivity index (χ1) is 7.22. The number of hydrogen-bond acceptors (Lipinski definition) is 2. The lowest BCUT2D eigenvalue weighted by Gasteiger charge is -1.96. The van der Waals surface area contributed by atoms with Crippen molar-refractivity contribution < 1.29 is 0 Å². The largest absolute Gasteiger partial charge is 0.327 e. The third-order valence-electron chi connectivity index (χ3n) is 2.51. The van der Waals surface area contributed by atoms with Gasteiger partial charge < -0.3 is 5.73 Å². The average Bonchev–Trinajstić information content (AvgIpc) is 2.52. The summed E-state index contributed by atoms with van der Waals surface area (Å²) in [6.07, 6.45) is 3.98. The van der Waals surface area contributed by atoms with E-state index in [4.69, 9.17) is 5.73 Å². The van der Waals surface area contributed by atoms with E-state index >= 15 is 0 Å². The molecule has 0 saturated carbocycles. The van der Waals surface area contributed by atoms with E-state index in [-0.39, 0.29) is 0 Å². The first-order valence-electron chi connectivity index (χ1n) is 5.02. The molecule has 15 heavy (non-hydrogen) atoms. The van der Waals surface area contributed by atoms with Crippen LogP contribution in [0.1, 0.15) is 11.3 Å². The van der Waals surface area contributed by atoms with Gasteiger partial charge in [0.2, 0.25) is 0 Å². The Bertz CT molecular complexity index is 509. The SMILES string of the molecule is Cc1nn(C)c2cc(/C=C/CN)ccc12. The fraction of sp³-hybridized carbons (Fsp3) is 0.250. The molecule has 0 bridgehead atoms. The van der Waals surface area contributed by atoms with Gasteiger partial charge in [-0.05, 0) is 18.6 Å². The standard InChI is InChI=1S/C12H15N3/c1-9-11-6-5-10(4-3-7-13)8-12(11)15(2)14-9/h3-6,8H,7,13H2,1-2H3/b4-3+.